The van der Waals surface area contributed by atoms with E-state index >= 15 is 0 Å². The first-order valence-electron chi connectivity index (χ1n) is 9.41. The lowest BCUT2D eigenvalue weighted by molar-refractivity contribution is -0.384. The molecule has 7 nitrogen and oxygen atoms in total. The van der Waals surface area contributed by atoms with E-state index in [1.807, 2.05) is 6.07 Å². The van der Waals surface area contributed by atoms with E-state index in [0.717, 1.165) is 9.13 Å². The monoisotopic (exact) mass is 671 g/mol. The summed E-state index contributed by atoms with van der Waals surface area (Å²) >= 11 is 17.7. The van der Waals surface area contributed by atoms with Gasteiger partial charge >= 0.3 is 0 Å². The number of nitro groups is 1. The number of carbonyl (C=O) groups excluding carboxylic acids is 1. The fourth-order valence-electron chi connectivity index (χ4n) is 2.80. The molecule has 0 heterocycles. The van der Waals surface area contributed by atoms with Gasteiger partial charge in [0, 0.05) is 33.4 Å². The number of benzene rings is 3. The van der Waals surface area contributed by atoms with E-state index < -0.39 is 10.8 Å². The third-order valence-electron chi connectivity index (χ3n) is 4.40. The Labute approximate surface area is 226 Å². The first kappa shape index (κ1) is 26.0. The molecule has 0 saturated carbocycles. The molecule has 3 rings (SSSR count). The molecule has 0 spiro atoms. The number of nitriles is 1. The smallest absolute Gasteiger partial charge is 0.271 e. The van der Waals surface area contributed by atoms with E-state index in [1.54, 1.807) is 30.3 Å². The molecule has 1 N–H and O–H groups in total. The van der Waals surface area contributed by atoms with Crippen molar-refractivity contribution in [2.24, 2.45) is 0 Å². The lowest BCUT2D eigenvalue weighted by Crippen LogP contribution is -2.13. The molecule has 1 amide bonds. The molecule has 0 aliphatic rings. The van der Waals surface area contributed by atoms with Crippen molar-refractivity contribution in [2.75, 3.05) is 5.32 Å². The number of nitro benzene ring substituents is 1. The van der Waals surface area contributed by atoms with Crippen LogP contribution in [-0.4, -0.2) is 10.8 Å². The number of halogens is 4. The fourth-order valence-corrected chi connectivity index (χ4v) is 5.03. The minimum absolute atomic E-state index is 0.171. The Morgan fingerprint density at radius 1 is 1.24 bits per heavy atom. The van der Waals surface area contributed by atoms with Crippen molar-refractivity contribution in [3.63, 3.8) is 0 Å². The Balaban J connectivity index is 1.78. The summed E-state index contributed by atoms with van der Waals surface area (Å²) in [5, 5.41) is 23.9. The Morgan fingerprint density at radius 3 is 2.65 bits per heavy atom. The molecule has 0 aliphatic carbocycles. The van der Waals surface area contributed by atoms with Gasteiger partial charge in [-0.15, -0.1) is 0 Å². The quantitative estimate of drug-likeness (QED) is 0.0927. The van der Waals surface area contributed by atoms with Crippen LogP contribution in [0, 0.1) is 25.0 Å². The molecule has 0 saturated heterocycles. The molecule has 0 atom stereocenters. The number of nitrogens with zero attached hydrogens (tertiary/aromatic N) is 2. The molecule has 0 fully saturated rings. The van der Waals surface area contributed by atoms with Crippen molar-refractivity contribution in [1.29, 1.82) is 5.26 Å². The number of nitrogens with one attached hydrogen (secondary N) is 1. The van der Waals surface area contributed by atoms with Gasteiger partial charge in [-0.2, -0.15) is 5.26 Å². The molecular formula is C23H13BrCl2IN3O4. The molecular weight excluding hydrogens is 660 g/mol. The number of rotatable bonds is 7. The third-order valence-corrected chi connectivity index (χ3v) is 6.38. The first-order chi connectivity index (χ1) is 16.2. The van der Waals surface area contributed by atoms with Crippen LogP contribution >= 0.6 is 61.7 Å². The van der Waals surface area contributed by atoms with Crippen LogP contribution in [0.1, 0.15) is 11.1 Å². The zero-order valence-electron chi connectivity index (χ0n) is 17.0. The van der Waals surface area contributed by atoms with Gasteiger partial charge in [-0.3, -0.25) is 14.9 Å². The summed E-state index contributed by atoms with van der Waals surface area (Å²) in [6, 6.07) is 15.9. The highest BCUT2D eigenvalue weighted by Crippen LogP contribution is 2.34. The van der Waals surface area contributed by atoms with Crippen molar-refractivity contribution in [3.05, 3.63) is 99.5 Å². The predicted molar refractivity (Wildman–Crippen MR) is 143 cm³/mol. The molecule has 0 radical (unpaired) electrons. The van der Waals surface area contributed by atoms with Crippen LogP contribution in [0.4, 0.5) is 11.4 Å². The largest absolute Gasteiger partial charge is 0.487 e. The summed E-state index contributed by atoms with van der Waals surface area (Å²) in [6.07, 6.45) is 1.42. The Bertz CT molecular complexity index is 1340. The van der Waals surface area contributed by atoms with Gasteiger partial charge in [0.1, 0.15) is 24.0 Å². The molecule has 172 valence electrons. The zero-order valence-corrected chi connectivity index (χ0v) is 22.3. The van der Waals surface area contributed by atoms with Crippen molar-refractivity contribution in [2.45, 2.75) is 6.61 Å². The average molecular weight is 673 g/mol. The third kappa shape index (κ3) is 6.70. The zero-order chi connectivity index (χ0) is 24.8. The van der Waals surface area contributed by atoms with Crippen molar-refractivity contribution in [1.82, 2.24) is 0 Å². The average Bonchev–Trinajstić information content (AvgIpc) is 2.78. The molecule has 0 aromatic heterocycles. The summed E-state index contributed by atoms with van der Waals surface area (Å²) in [7, 11) is 0. The fraction of sp³-hybridized carbons (Fsp3) is 0.0435. The molecule has 0 aliphatic heterocycles. The van der Waals surface area contributed by atoms with Crippen molar-refractivity contribution >= 4 is 85.1 Å². The van der Waals surface area contributed by atoms with Gasteiger partial charge < -0.3 is 10.1 Å². The number of hydrogen-bond donors (Lipinski definition) is 1. The number of ether oxygens (including phenoxy) is 1. The van der Waals surface area contributed by atoms with Gasteiger partial charge in [0.2, 0.25) is 0 Å². The topological polar surface area (TPSA) is 105 Å². The van der Waals surface area contributed by atoms with E-state index in [4.69, 9.17) is 27.9 Å². The minimum atomic E-state index is -0.688. The molecule has 3 aromatic carbocycles. The van der Waals surface area contributed by atoms with Gasteiger partial charge in [-0.1, -0.05) is 35.3 Å². The molecule has 11 heteroatoms. The van der Waals surface area contributed by atoms with Crippen LogP contribution in [0.2, 0.25) is 10.0 Å². The summed E-state index contributed by atoms with van der Waals surface area (Å²) in [5.74, 6) is -0.116. The number of non-ortho nitro benzene ring substituents is 1. The van der Waals surface area contributed by atoms with E-state index in [9.17, 15) is 20.2 Å². The molecule has 34 heavy (non-hydrogen) atoms. The second-order valence-electron chi connectivity index (χ2n) is 6.77. The highest BCUT2D eigenvalue weighted by Gasteiger charge is 2.14. The van der Waals surface area contributed by atoms with Gasteiger partial charge in [0.15, 0.2) is 0 Å². The van der Waals surface area contributed by atoms with Crippen molar-refractivity contribution < 1.29 is 14.5 Å². The molecule has 3 aromatic rings. The van der Waals surface area contributed by atoms with Gasteiger partial charge in [0.05, 0.1) is 13.0 Å². The van der Waals surface area contributed by atoms with E-state index in [0.29, 0.717) is 25.8 Å². The second kappa shape index (κ2) is 11.7. The van der Waals surface area contributed by atoms with E-state index in [2.05, 4.69) is 43.8 Å². The van der Waals surface area contributed by atoms with Gasteiger partial charge in [0.25, 0.3) is 11.6 Å². The van der Waals surface area contributed by atoms with Crippen LogP contribution in [0.3, 0.4) is 0 Å². The molecule has 0 unspecified atom stereocenters. The molecule has 0 bridgehead atoms. The van der Waals surface area contributed by atoms with E-state index in [-0.39, 0.29) is 23.6 Å². The maximum absolute atomic E-state index is 12.5. The second-order valence-corrected chi connectivity index (χ2v) is 9.63. The lowest BCUT2D eigenvalue weighted by atomic mass is 10.1. The maximum Gasteiger partial charge on any atom is 0.271 e. The summed E-state index contributed by atoms with van der Waals surface area (Å²) < 4.78 is 7.27. The highest BCUT2D eigenvalue weighted by molar-refractivity contribution is 14.1. The number of carbonyl (C=O) groups is 1. The highest BCUT2D eigenvalue weighted by atomic mass is 127. The number of amides is 1. The van der Waals surface area contributed by atoms with Gasteiger partial charge in [-0.05, 0) is 80.5 Å². The number of hydrogen-bond acceptors (Lipinski definition) is 5. The van der Waals surface area contributed by atoms with Crippen LogP contribution in [-0.2, 0) is 11.4 Å². The normalized spacial score (nSPS) is 11.0. The van der Waals surface area contributed by atoms with Crippen LogP contribution in [0.5, 0.6) is 5.75 Å². The van der Waals surface area contributed by atoms with Crippen LogP contribution in [0.25, 0.3) is 6.08 Å². The van der Waals surface area contributed by atoms with Crippen LogP contribution in [0.15, 0.2) is 64.6 Å². The van der Waals surface area contributed by atoms with Crippen molar-refractivity contribution in [3.8, 4) is 11.8 Å². The first-order valence-corrected chi connectivity index (χ1v) is 12.0. The predicted octanol–water partition coefficient (Wildman–Crippen LogP) is 7.39. The Kier molecular flexibility index (Phi) is 8.90. The van der Waals surface area contributed by atoms with Gasteiger partial charge in [-0.25, -0.2) is 0 Å². The van der Waals surface area contributed by atoms with E-state index in [1.165, 1.54) is 30.3 Å². The Morgan fingerprint density at radius 2 is 2.00 bits per heavy atom. The standard InChI is InChI=1S/C23H13BrCl2IN3O4/c24-19-7-13(8-21(27)22(19)34-12-14-4-5-16(25)9-20(14)26)6-15(11-28)23(31)29-17-2-1-3-18(10-17)30(32)33/h1-10H,12H2,(H,29,31)/b15-6+. The summed E-state index contributed by atoms with van der Waals surface area (Å²) in [6.45, 7) is 0.217. The Hall–Kier alpha value is -2.65. The minimum Gasteiger partial charge on any atom is -0.487 e. The lowest BCUT2D eigenvalue weighted by Gasteiger charge is -2.13. The number of anilines is 1. The maximum atomic E-state index is 12.5. The van der Waals surface area contributed by atoms with Crippen LogP contribution < -0.4 is 10.1 Å². The SMILES string of the molecule is N#C/C(=C\c1cc(Br)c(OCc2ccc(Cl)cc2Cl)c(I)c1)C(=O)Nc1cccc([N+](=O)[O-])c1. The summed E-state index contributed by atoms with van der Waals surface area (Å²) in [4.78, 5) is 22.9. The summed E-state index contributed by atoms with van der Waals surface area (Å²) in [5.41, 5.74) is 1.21.